The van der Waals surface area contributed by atoms with Gasteiger partial charge in [-0.3, -0.25) is 9.59 Å². The number of para-hydroxylation sites is 1. The molecular weight excluding hydrogens is 285 g/mol. The number of fused-ring (bicyclic) bond motifs is 2. The molecule has 1 N–H and O–H groups in total. The van der Waals surface area contributed by atoms with Crippen LogP contribution in [0.5, 0.6) is 5.75 Å². The maximum atomic E-state index is 12.9. The summed E-state index contributed by atoms with van der Waals surface area (Å²) in [6, 6.07) is 12.4. The molecule has 0 bridgehead atoms. The number of anilines is 1. The highest BCUT2D eigenvalue weighted by molar-refractivity contribution is 6.13. The van der Waals surface area contributed by atoms with Crippen LogP contribution in [0.4, 0.5) is 10.1 Å². The molecule has 1 saturated carbocycles. The summed E-state index contributed by atoms with van der Waals surface area (Å²) >= 11 is 0. The molecule has 2 aromatic carbocycles. The predicted octanol–water partition coefficient (Wildman–Crippen LogP) is 2.80. The van der Waals surface area contributed by atoms with E-state index in [-0.39, 0.29) is 17.5 Å². The Morgan fingerprint density at radius 3 is 2.68 bits per heavy atom. The number of nitrogens with one attached hydrogen (secondary N) is 1. The summed E-state index contributed by atoms with van der Waals surface area (Å²) in [6.07, 6.45) is 0.369. The summed E-state index contributed by atoms with van der Waals surface area (Å²) in [6.45, 7) is 0. The second-order valence-electron chi connectivity index (χ2n) is 5.57. The van der Waals surface area contributed by atoms with Crippen LogP contribution in [0, 0.1) is 11.7 Å². The molecule has 22 heavy (non-hydrogen) atoms. The van der Waals surface area contributed by atoms with Crippen molar-refractivity contribution in [2.24, 2.45) is 5.92 Å². The largest absolute Gasteiger partial charge is 0.476 e. The molecule has 1 heterocycles. The first kappa shape index (κ1) is 13.0. The smallest absolute Gasteiger partial charge is 0.269 e. The van der Waals surface area contributed by atoms with Gasteiger partial charge in [0.1, 0.15) is 11.6 Å². The van der Waals surface area contributed by atoms with E-state index in [4.69, 9.17) is 4.74 Å². The minimum atomic E-state index is -1.13. The van der Waals surface area contributed by atoms with E-state index in [1.807, 2.05) is 0 Å². The number of ketones is 1. The van der Waals surface area contributed by atoms with Crippen molar-refractivity contribution in [1.82, 2.24) is 0 Å². The lowest BCUT2D eigenvalue weighted by Gasteiger charge is -2.24. The Hall–Kier alpha value is -2.69. The number of amides is 1. The van der Waals surface area contributed by atoms with Crippen LogP contribution in [-0.2, 0) is 4.79 Å². The maximum Gasteiger partial charge on any atom is 0.269 e. The van der Waals surface area contributed by atoms with Crippen molar-refractivity contribution in [2.75, 3.05) is 5.32 Å². The van der Waals surface area contributed by atoms with Crippen molar-refractivity contribution < 1.29 is 18.7 Å². The van der Waals surface area contributed by atoms with Gasteiger partial charge in [0.05, 0.1) is 11.5 Å². The van der Waals surface area contributed by atoms with Crippen molar-refractivity contribution in [3.8, 4) is 5.75 Å². The van der Waals surface area contributed by atoms with E-state index in [9.17, 15) is 14.0 Å². The molecule has 1 fully saturated rings. The first-order valence-electron chi connectivity index (χ1n) is 6.99. The van der Waals surface area contributed by atoms with Gasteiger partial charge in [0.15, 0.2) is 11.4 Å². The van der Waals surface area contributed by atoms with Crippen LogP contribution in [0.1, 0.15) is 16.8 Å². The van der Waals surface area contributed by atoms with Crippen molar-refractivity contribution >= 4 is 17.4 Å². The first-order chi connectivity index (χ1) is 10.6. The molecule has 110 valence electrons. The van der Waals surface area contributed by atoms with Gasteiger partial charge < -0.3 is 10.1 Å². The number of Topliss-reactive ketones (excluding diaryl/α,β-unsaturated/α-hetero) is 1. The molecule has 1 aliphatic carbocycles. The molecular formula is C17H12FNO3. The zero-order valence-electron chi connectivity index (χ0n) is 11.5. The highest BCUT2D eigenvalue weighted by atomic mass is 19.1. The standard InChI is InChI=1S/C17H12FNO3/c18-10-5-7-11(8-6-10)19-16(21)17-9-13(17)15(20)12-3-1-2-4-14(12)22-17/h1-8,13H,9H2,(H,19,21). The Morgan fingerprint density at radius 2 is 1.91 bits per heavy atom. The summed E-state index contributed by atoms with van der Waals surface area (Å²) in [5.74, 6) is -0.806. The SMILES string of the molecule is O=C1c2ccccc2OC2(C(=O)Nc3ccc(F)cc3)CC12. The minimum Gasteiger partial charge on any atom is -0.476 e. The molecule has 4 nitrogen and oxygen atoms in total. The average Bonchev–Trinajstić information content (AvgIpc) is 3.26. The molecule has 5 heteroatoms. The van der Waals surface area contributed by atoms with Crippen molar-refractivity contribution in [2.45, 2.75) is 12.0 Å². The second kappa shape index (κ2) is 4.40. The fourth-order valence-corrected chi connectivity index (χ4v) is 2.87. The van der Waals surface area contributed by atoms with Gasteiger partial charge in [0.25, 0.3) is 5.91 Å². The number of benzene rings is 2. The monoisotopic (exact) mass is 297 g/mol. The van der Waals surface area contributed by atoms with E-state index in [0.29, 0.717) is 23.4 Å². The molecule has 0 radical (unpaired) electrons. The molecule has 2 aromatic rings. The zero-order valence-corrected chi connectivity index (χ0v) is 11.5. The van der Waals surface area contributed by atoms with E-state index in [1.165, 1.54) is 24.3 Å². The van der Waals surface area contributed by atoms with E-state index >= 15 is 0 Å². The lowest BCUT2D eigenvalue weighted by Crippen LogP contribution is -2.41. The van der Waals surface area contributed by atoms with Crippen molar-refractivity contribution in [1.29, 1.82) is 0 Å². The highest BCUT2D eigenvalue weighted by Gasteiger charge is 2.68. The molecule has 1 amide bonds. The lowest BCUT2D eigenvalue weighted by atomic mass is 10.0. The number of ether oxygens (including phenoxy) is 1. The van der Waals surface area contributed by atoms with E-state index in [2.05, 4.69) is 5.32 Å². The predicted molar refractivity (Wildman–Crippen MR) is 77.3 cm³/mol. The van der Waals surface area contributed by atoms with Gasteiger partial charge in [0, 0.05) is 12.1 Å². The average molecular weight is 297 g/mol. The molecule has 0 aromatic heterocycles. The van der Waals surface area contributed by atoms with Crippen LogP contribution in [-0.4, -0.2) is 17.3 Å². The summed E-state index contributed by atoms with van der Waals surface area (Å²) < 4.78 is 18.7. The van der Waals surface area contributed by atoms with Crippen LogP contribution in [0.15, 0.2) is 48.5 Å². The van der Waals surface area contributed by atoms with Gasteiger partial charge in [-0.15, -0.1) is 0 Å². The molecule has 2 unspecified atom stereocenters. The number of halogens is 1. The van der Waals surface area contributed by atoms with Crippen LogP contribution < -0.4 is 10.1 Å². The van der Waals surface area contributed by atoms with E-state index < -0.39 is 11.5 Å². The van der Waals surface area contributed by atoms with E-state index in [0.717, 1.165) is 0 Å². The summed E-state index contributed by atoms with van der Waals surface area (Å²) in [5.41, 5.74) is -0.128. The van der Waals surface area contributed by atoms with Gasteiger partial charge in [-0.25, -0.2) is 4.39 Å². The molecule has 4 rings (SSSR count). The van der Waals surface area contributed by atoms with Crippen molar-refractivity contribution in [3.63, 3.8) is 0 Å². The zero-order chi connectivity index (χ0) is 15.3. The summed E-state index contributed by atoms with van der Waals surface area (Å²) in [5, 5.41) is 2.69. The Labute approximate surface area is 125 Å². The lowest BCUT2D eigenvalue weighted by molar-refractivity contribution is -0.125. The maximum absolute atomic E-state index is 12.9. The number of hydrogen-bond donors (Lipinski definition) is 1. The van der Waals surface area contributed by atoms with Crippen LogP contribution in [0.3, 0.4) is 0 Å². The van der Waals surface area contributed by atoms with Crippen molar-refractivity contribution in [3.05, 3.63) is 59.9 Å². The first-order valence-corrected chi connectivity index (χ1v) is 6.99. The second-order valence-corrected chi connectivity index (χ2v) is 5.57. The van der Waals surface area contributed by atoms with Gasteiger partial charge in [-0.05, 0) is 36.4 Å². The molecule has 0 saturated heterocycles. The minimum absolute atomic E-state index is 0.0592. The van der Waals surface area contributed by atoms with Gasteiger partial charge in [0.2, 0.25) is 0 Å². The Morgan fingerprint density at radius 1 is 1.18 bits per heavy atom. The van der Waals surface area contributed by atoms with Crippen LogP contribution in [0.25, 0.3) is 0 Å². The molecule has 2 aliphatic rings. The number of rotatable bonds is 2. The molecule has 0 spiro atoms. The fourth-order valence-electron chi connectivity index (χ4n) is 2.87. The molecule has 2 atom stereocenters. The van der Waals surface area contributed by atoms with Gasteiger partial charge >= 0.3 is 0 Å². The third-order valence-corrected chi connectivity index (χ3v) is 4.16. The Balaban J connectivity index is 1.60. The summed E-state index contributed by atoms with van der Waals surface area (Å²) in [7, 11) is 0. The van der Waals surface area contributed by atoms with Crippen LogP contribution >= 0.6 is 0 Å². The number of hydrogen-bond acceptors (Lipinski definition) is 3. The summed E-state index contributed by atoms with van der Waals surface area (Å²) in [4.78, 5) is 24.8. The quantitative estimate of drug-likeness (QED) is 0.927. The highest BCUT2D eigenvalue weighted by Crippen LogP contribution is 2.54. The third kappa shape index (κ3) is 1.82. The van der Waals surface area contributed by atoms with Gasteiger partial charge in [-0.2, -0.15) is 0 Å². The Bertz CT molecular complexity index is 787. The van der Waals surface area contributed by atoms with Gasteiger partial charge in [-0.1, -0.05) is 12.1 Å². The van der Waals surface area contributed by atoms with Crippen LogP contribution in [0.2, 0.25) is 0 Å². The normalized spacial score (nSPS) is 24.8. The number of carbonyl (C=O) groups is 2. The Kier molecular flexibility index (Phi) is 2.60. The third-order valence-electron chi connectivity index (χ3n) is 4.16. The topological polar surface area (TPSA) is 55.4 Å². The van der Waals surface area contributed by atoms with E-state index in [1.54, 1.807) is 24.3 Å². The molecule has 1 aliphatic heterocycles. The number of carbonyl (C=O) groups excluding carboxylic acids is 2. The fraction of sp³-hybridized carbons (Fsp3) is 0.176.